The smallest absolute Gasteiger partial charge is 0.113 e. The molecule has 5 aromatic rings. The van der Waals surface area contributed by atoms with E-state index in [1.165, 1.54) is 0 Å². The molecule has 1 aliphatic carbocycles. The molecule has 2 atom stereocenters. The molecule has 6 rings (SSSR count). The Morgan fingerprint density at radius 3 is 1.89 bits per heavy atom. The maximum Gasteiger partial charge on any atom is 0.113 e. The Morgan fingerprint density at radius 1 is 0.757 bits per heavy atom. The monoisotopic (exact) mass is 526 g/mol. The van der Waals surface area contributed by atoms with E-state index < -0.39 is 6.10 Å². The first-order chi connectivity index (χ1) is 18.0. The lowest BCUT2D eigenvalue weighted by molar-refractivity contribution is 0.122. The van der Waals surface area contributed by atoms with Crippen LogP contribution in [0.1, 0.15) is 71.8 Å². The Bertz CT molecular complexity index is 1480. The summed E-state index contributed by atoms with van der Waals surface area (Å²) in [5, 5.41) is 12.8. The summed E-state index contributed by atoms with van der Waals surface area (Å²) in [6.45, 7) is 2.09. The third-order valence-corrected chi connectivity index (χ3v) is 7.93. The van der Waals surface area contributed by atoms with E-state index >= 15 is 0 Å². The van der Waals surface area contributed by atoms with Crippen LogP contribution in [-0.4, -0.2) is 14.7 Å². The standard InChI is InChI=1S/C32H28Cl2N2O/c1-20(31(37)23-5-3-2-4-6-23)36-29-19-25(13-18-28(29)35-32(36)24-7-8-24)30(21-9-14-26(33)15-10-21)22-11-16-27(34)17-12-22/h2-6,9-20,24,30-31,37H,7-8H2,1H3. The predicted octanol–water partition coefficient (Wildman–Crippen LogP) is 8.70. The Labute approximate surface area is 227 Å². The van der Waals surface area contributed by atoms with E-state index in [1.54, 1.807) is 0 Å². The van der Waals surface area contributed by atoms with Crippen molar-refractivity contribution in [3.05, 3.63) is 135 Å². The first-order valence-corrected chi connectivity index (χ1v) is 13.5. The third kappa shape index (κ3) is 4.80. The quantitative estimate of drug-likeness (QED) is 0.215. The number of hydrogen-bond donors (Lipinski definition) is 1. The highest BCUT2D eigenvalue weighted by Gasteiger charge is 2.33. The molecule has 1 heterocycles. The molecule has 1 fully saturated rings. The molecule has 37 heavy (non-hydrogen) atoms. The van der Waals surface area contributed by atoms with Crippen LogP contribution in [0.4, 0.5) is 0 Å². The number of rotatable bonds is 7. The van der Waals surface area contributed by atoms with Gasteiger partial charge in [-0.3, -0.25) is 0 Å². The van der Waals surface area contributed by atoms with Gasteiger partial charge in [0.25, 0.3) is 0 Å². The van der Waals surface area contributed by atoms with Crippen molar-refractivity contribution in [1.82, 2.24) is 9.55 Å². The molecule has 0 spiro atoms. The molecule has 1 N–H and O–H groups in total. The van der Waals surface area contributed by atoms with E-state index in [4.69, 9.17) is 28.2 Å². The SMILES string of the molecule is CC(C(O)c1ccccc1)n1c(C2CC2)nc2ccc(C(c3ccc(Cl)cc3)c3ccc(Cl)cc3)cc21. The summed E-state index contributed by atoms with van der Waals surface area (Å²) in [5.41, 5.74) is 6.38. The van der Waals surface area contributed by atoms with Crippen LogP contribution in [0.25, 0.3) is 11.0 Å². The van der Waals surface area contributed by atoms with Gasteiger partial charge in [-0.05, 0) is 78.4 Å². The maximum atomic E-state index is 11.4. The Kier molecular flexibility index (Phi) is 6.54. The van der Waals surface area contributed by atoms with Gasteiger partial charge in [-0.15, -0.1) is 0 Å². The fraction of sp³-hybridized carbons (Fsp3) is 0.219. The summed E-state index contributed by atoms with van der Waals surface area (Å²) in [5.74, 6) is 1.52. The minimum Gasteiger partial charge on any atom is -0.386 e. The zero-order valence-corrected chi connectivity index (χ0v) is 22.1. The lowest BCUT2D eigenvalue weighted by Crippen LogP contribution is -2.17. The molecular weight excluding hydrogens is 499 g/mol. The first-order valence-electron chi connectivity index (χ1n) is 12.8. The molecular formula is C32H28Cl2N2O. The van der Waals surface area contributed by atoms with Crippen molar-refractivity contribution >= 4 is 34.2 Å². The van der Waals surface area contributed by atoms with Gasteiger partial charge in [0.15, 0.2) is 0 Å². The molecule has 186 valence electrons. The number of benzene rings is 4. The topological polar surface area (TPSA) is 38.0 Å². The maximum absolute atomic E-state index is 11.4. The summed E-state index contributed by atoms with van der Waals surface area (Å²) in [4.78, 5) is 5.06. The van der Waals surface area contributed by atoms with Gasteiger partial charge in [0.05, 0.1) is 23.2 Å². The molecule has 2 unspecified atom stereocenters. The third-order valence-electron chi connectivity index (χ3n) is 7.43. The number of aromatic nitrogens is 2. The van der Waals surface area contributed by atoms with Crippen LogP contribution in [-0.2, 0) is 0 Å². The fourth-order valence-electron chi connectivity index (χ4n) is 5.32. The summed E-state index contributed by atoms with van der Waals surface area (Å²) >= 11 is 12.5. The van der Waals surface area contributed by atoms with Crippen LogP contribution < -0.4 is 0 Å². The number of aliphatic hydroxyl groups excluding tert-OH is 1. The minimum absolute atomic E-state index is 0.000936. The second-order valence-electron chi connectivity index (χ2n) is 9.99. The van der Waals surface area contributed by atoms with Crippen LogP contribution in [0.15, 0.2) is 97.1 Å². The molecule has 0 radical (unpaired) electrons. The number of fused-ring (bicyclic) bond motifs is 1. The molecule has 5 heteroatoms. The molecule has 0 aliphatic heterocycles. The lowest BCUT2D eigenvalue weighted by atomic mass is 9.85. The summed E-state index contributed by atoms with van der Waals surface area (Å²) in [6.07, 6.45) is 1.65. The first kappa shape index (κ1) is 24.2. The van der Waals surface area contributed by atoms with E-state index in [2.05, 4.69) is 54.0 Å². The number of imidazole rings is 1. The zero-order valence-electron chi connectivity index (χ0n) is 20.6. The molecule has 0 bridgehead atoms. The van der Waals surface area contributed by atoms with Gasteiger partial charge in [-0.1, -0.05) is 83.9 Å². The Hall–Kier alpha value is -3.11. The van der Waals surface area contributed by atoms with Crippen molar-refractivity contribution in [2.45, 2.75) is 43.7 Å². The van der Waals surface area contributed by atoms with E-state index in [0.717, 1.165) is 52.0 Å². The fourth-order valence-corrected chi connectivity index (χ4v) is 5.58. The highest BCUT2D eigenvalue weighted by molar-refractivity contribution is 6.30. The highest BCUT2D eigenvalue weighted by atomic mass is 35.5. The predicted molar refractivity (Wildman–Crippen MR) is 152 cm³/mol. The molecule has 4 aromatic carbocycles. The van der Waals surface area contributed by atoms with Crippen molar-refractivity contribution in [2.75, 3.05) is 0 Å². The zero-order chi connectivity index (χ0) is 25.5. The van der Waals surface area contributed by atoms with Crippen LogP contribution in [0.5, 0.6) is 0 Å². The van der Waals surface area contributed by atoms with Gasteiger partial charge in [-0.2, -0.15) is 0 Å². The van der Waals surface area contributed by atoms with Gasteiger partial charge < -0.3 is 9.67 Å². The molecule has 1 aliphatic rings. The molecule has 1 aromatic heterocycles. The second-order valence-corrected chi connectivity index (χ2v) is 10.9. The molecule has 0 amide bonds. The van der Waals surface area contributed by atoms with Crippen molar-refractivity contribution in [1.29, 1.82) is 0 Å². The van der Waals surface area contributed by atoms with Crippen molar-refractivity contribution in [2.24, 2.45) is 0 Å². The van der Waals surface area contributed by atoms with E-state index in [1.807, 2.05) is 54.6 Å². The number of aliphatic hydroxyl groups is 1. The van der Waals surface area contributed by atoms with Gasteiger partial charge in [0.1, 0.15) is 5.82 Å². The van der Waals surface area contributed by atoms with E-state index in [-0.39, 0.29) is 12.0 Å². The minimum atomic E-state index is -0.636. The Morgan fingerprint density at radius 2 is 1.32 bits per heavy atom. The number of halogens is 2. The van der Waals surface area contributed by atoms with E-state index in [9.17, 15) is 5.11 Å². The summed E-state index contributed by atoms with van der Waals surface area (Å²) in [7, 11) is 0. The molecule has 0 saturated heterocycles. The molecule has 3 nitrogen and oxygen atoms in total. The molecule has 1 saturated carbocycles. The summed E-state index contributed by atoms with van der Waals surface area (Å²) in [6, 6.07) is 32.3. The lowest BCUT2D eigenvalue weighted by Gasteiger charge is -2.24. The van der Waals surface area contributed by atoms with Crippen LogP contribution in [0.2, 0.25) is 10.0 Å². The number of hydrogen-bond acceptors (Lipinski definition) is 2. The number of nitrogens with zero attached hydrogens (tertiary/aromatic N) is 2. The van der Waals surface area contributed by atoms with Gasteiger partial charge in [0, 0.05) is 21.9 Å². The van der Waals surface area contributed by atoms with Crippen molar-refractivity contribution < 1.29 is 5.11 Å². The van der Waals surface area contributed by atoms with E-state index in [0.29, 0.717) is 16.0 Å². The highest BCUT2D eigenvalue weighted by Crippen LogP contribution is 2.44. The Balaban J connectivity index is 1.50. The average molecular weight is 527 g/mol. The largest absolute Gasteiger partial charge is 0.386 e. The normalized spacial score (nSPS) is 15.3. The van der Waals surface area contributed by atoms with Crippen LogP contribution in [0, 0.1) is 0 Å². The van der Waals surface area contributed by atoms with Gasteiger partial charge >= 0.3 is 0 Å². The van der Waals surface area contributed by atoms with Crippen LogP contribution in [0.3, 0.4) is 0 Å². The average Bonchev–Trinajstić information content (AvgIpc) is 3.71. The van der Waals surface area contributed by atoms with Crippen molar-refractivity contribution in [3.8, 4) is 0 Å². The van der Waals surface area contributed by atoms with Gasteiger partial charge in [0.2, 0.25) is 0 Å². The van der Waals surface area contributed by atoms with Crippen molar-refractivity contribution in [3.63, 3.8) is 0 Å². The second kappa shape index (κ2) is 9.98. The van der Waals surface area contributed by atoms with Crippen LogP contribution >= 0.6 is 23.2 Å². The summed E-state index contributed by atoms with van der Waals surface area (Å²) < 4.78 is 2.27. The van der Waals surface area contributed by atoms with Gasteiger partial charge in [-0.25, -0.2) is 4.98 Å².